The summed E-state index contributed by atoms with van der Waals surface area (Å²) in [5, 5.41) is 4.57. The third kappa shape index (κ3) is 2.91. The highest BCUT2D eigenvalue weighted by atomic mass is 19.4. The van der Waals surface area contributed by atoms with Crippen molar-refractivity contribution in [3.8, 4) is 0 Å². The summed E-state index contributed by atoms with van der Waals surface area (Å²) >= 11 is 0. The SMILES string of the molecule is O=C(Nc1cccc2ccccc12)NC(F)(F)F. The lowest BCUT2D eigenvalue weighted by Crippen LogP contribution is -2.40. The molecule has 0 spiro atoms. The van der Waals surface area contributed by atoms with E-state index >= 15 is 0 Å². The van der Waals surface area contributed by atoms with Crippen molar-refractivity contribution in [2.75, 3.05) is 5.32 Å². The first kappa shape index (κ1) is 12.2. The Balaban J connectivity index is 2.24. The van der Waals surface area contributed by atoms with Crippen molar-refractivity contribution >= 4 is 22.5 Å². The molecule has 2 aromatic rings. The number of anilines is 1. The molecule has 6 heteroatoms. The van der Waals surface area contributed by atoms with E-state index in [1.807, 2.05) is 18.2 Å². The fourth-order valence-electron chi connectivity index (χ4n) is 1.62. The van der Waals surface area contributed by atoms with Gasteiger partial charge in [0, 0.05) is 5.39 Å². The lowest BCUT2D eigenvalue weighted by Gasteiger charge is -2.11. The zero-order valence-corrected chi connectivity index (χ0v) is 9.08. The van der Waals surface area contributed by atoms with Gasteiger partial charge in [0.15, 0.2) is 0 Å². The van der Waals surface area contributed by atoms with Gasteiger partial charge in [-0.3, -0.25) is 0 Å². The van der Waals surface area contributed by atoms with E-state index in [4.69, 9.17) is 0 Å². The number of halogens is 3. The molecule has 0 aromatic heterocycles. The number of carbonyl (C=O) groups excluding carboxylic acids is 1. The first-order chi connectivity index (χ1) is 8.46. The van der Waals surface area contributed by atoms with E-state index in [1.54, 1.807) is 18.2 Å². The van der Waals surface area contributed by atoms with E-state index < -0.39 is 12.3 Å². The maximum absolute atomic E-state index is 12.0. The smallest absolute Gasteiger partial charge is 0.307 e. The molecule has 0 heterocycles. The number of benzene rings is 2. The molecule has 3 nitrogen and oxygen atoms in total. The van der Waals surface area contributed by atoms with Gasteiger partial charge in [0.2, 0.25) is 0 Å². The van der Waals surface area contributed by atoms with Crippen LogP contribution in [0.4, 0.5) is 23.7 Å². The molecule has 0 aliphatic rings. The quantitative estimate of drug-likeness (QED) is 0.751. The molecule has 2 N–H and O–H groups in total. The molecular weight excluding hydrogens is 245 g/mol. The van der Waals surface area contributed by atoms with Crippen LogP contribution in [0.3, 0.4) is 0 Å². The van der Waals surface area contributed by atoms with Gasteiger partial charge in [-0.2, -0.15) is 13.2 Å². The molecule has 0 bridgehead atoms. The summed E-state index contributed by atoms with van der Waals surface area (Å²) in [5.74, 6) is 0. The Morgan fingerprint density at radius 3 is 2.39 bits per heavy atom. The van der Waals surface area contributed by atoms with Crippen LogP contribution in [0.5, 0.6) is 0 Å². The molecule has 0 aliphatic heterocycles. The Labute approximate surface area is 101 Å². The Hall–Kier alpha value is -2.24. The summed E-state index contributed by atoms with van der Waals surface area (Å²) in [6.07, 6.45) is -4.74. The van der Waals surface area contributed by atoms with Gasteiger partial charge in [-0.05, 0) is 11.5 Å². The number of nitrogens with one attached hydrogen (secondary N) is 2. The fourth-order valence-corrected chi connectivity index (χ4v) is 1.62. The Morgan fingerprint density at radius 2 is 1.67 bits per heavy atom. The summed E-state index contributed by atoms with van der Waals surface area (Å²) in [6.45, 7) is 0. The van der Waals surface area contributed by atoms with Crippen molar-refractivity contribution in [2.45, 2.75) is 6.30 Å². The van der Waals surface area contributed by atoms with E-state index in [0.717, 1.165) is 10.7 Å². The predicted molar refractivity (Wildman–Crippen MR) is 62.2 cm³/mol. The highest BCUT2D eigenvalue weighted by Gasteiger charge is 2.30. The Morgan fingerprint density at radius 1 is 1.00 bits per heavy atom. The van der Waals surface area contributed by atoms with Crippen molar-refractivity contribution in [3.63, 3.8) is 0 Å². The van der Waals surface area contributed by atoms with Gasteiger partial charge < -0.3 is 5.32 Å². The van der Waals surface area contributed by atoms with Crippen LogP contribution in [0.15, 0.2) is 42.5 Å². The highest BCUT2D eigenvalue weighted by Crippen LogP contribution is 2.23. The largest absolute Gasteiger partial charge is 0.485 e. The van der Waals surface area contributed by atoms with Gasteiger partial charge in [-0.1, -0.05) is 36.4 Å². The molecule has 0 atom stereocenters. The number of urea groups is 1. The van der Waals surface area contributed by atoms with E-state index in [-0.39, 0.29) is 0 Å². The molecule has 0 fully saturated rings. The maximum Gasteiger partial charge on any atom is 0.485 e. The van der Waals surface area contributed by atoms with Crippen LogP contribution in [0.2, 0.25) is 0 Å². The van der Waals surface area contributed by atoms with Crippen LogP contribution in [-0.2, 0) is 0 Å². The minimum absolute atomic E-state index is 0.329. The molecule has 2 rings (SSSR count). The summed E-state index contributed by atoms with van der Waals surface area (Å²) in [5.41, 5.74) is 0.329. The number of hydrogen-bond acceptors (Lipinski definition) is 1. The monoisotopic (exact) mass is 254 g/mol. The average molecular weight is 254 g/mol. The first-order valence-electron chi connectivity index (χ1n) is 5.09. The maximum atomic E-state index is 12.0. The Kier molecular flexibility index (Phi) is 3.10. The molecule has 2 aromatic carbocycles. The molecule has 0 radical (unpaired) electrons. The van der Waals surface area contributed by atoms with E-state index in [1.165, 1.54) is 6.07 Å². The van der Waals surface area contributed by atoms with Crippen LogP contribution in [0, 0.1) is 0 Å². The number of rotatable bonds is 1. The molecule has 0 saturated heterocycles. The van der Waals surface area contributed by atoms with Gasteiger partial charge in [0.1, 0.15) is 0 Å². The van der Waals surface area contributed by atoms with Gasteiger partial charge in [0.05, 0.1) is 5.69 Å². The molecular formula is C12H9F3N2O. The Bertz CT molecular complexity index is 576. The van der Waals surface area contributed by atoms with E-state index in [0.29, 0.717) is 11.1 Å². The van der Waals surface area contributed by atoms with Gasteiger partial charge >= 0.3 is 12.3 Å². The third-order valence-electron chi connectivity index (χ3n) is 2.29. The number of amides is 2. The fraction of sp³-hybridized carbons (Fsp3) is 0.0833. The third-order valence-corrected chi connectivity index (χ3v) is 2.29. The zero-order chi connectivity index (χ0) is 13.2. The predicted octanol–water partition coefficient (Wildman–Crippen LogP) is 3.48. The molecule has 2 amide bonds. The summed E-state index contributed by atoms with van der Waals surface area (Å²) in [4.78, 5) is 11.1. The molecule has 0 aliphatic carbocycles. The van der Waals surface area contributed by atoms with Crippen molar-refractivity contribution in [1.29, 1.82) is 0 Å². The molecule has 18 heavy (non-hydrogen) atoms. The lowest BCUT2D eigenvalue weighted by atomic mass is 10.1. The number of fused-ring (bicyclic) bond motifs is 1. The zero-order valence-electron chi connectivity index (χ0n) is 9.08. The number of alkyl halides is 3. The number of carbonyl (C=O) groups is 1. The highest BCUT2D eigenvalue weighted by molar-refractivity contribution is 6.01. The summed E-state index contributed by atoms with van der Waals surface area (Å²) in [6, 6.07) is 10.8. The normalized spacial score (nSPS) is 11.3. The van der Waals surface area contributed by atoms with Crippen LogP contribution >= 0.6 is 0 Å². The van der Waals surface area contributed by atoms with Crippen LogP contribution in [0.25, 0.3) is 10.8 Å². The second-order valence-electron chi connectivity index (χ2n) is 3.60. The minimum atomic E-state index is -4.74. The summed E-state index contributed by atoms with van der Waals surface area (Å²) < 4.78 is 35.9. The van der Waals surface area contributed by atoms with Gasteiger partial charge in [-0.15, -0.1) is 0 Å². The average Bonchev–Trinajstić information content (AvgIpc) is 2.27. The van der Waals surface area contributed by atoms with Crippen molar-refractivity contribution in [2.24, 2.45) is 0 Å². The van der Waals surface area contributed by atoms with Gasteiger partial charge in [-0.25, -0.2) is 10.1 Å². The lowest BCUT2D eigenvalue weighted by molar-refractivity contribution is -0.144. The van der Waals surface area contributed by atoms with Crippen LogP contribution in [-0.4, -0.2) is 12.3 Å². The minimum Gasteiger partial charge on any atom is -0.307 e. The van der Waals surface area contributed by atoms with Crippen LogP contribution < -0.4 is 10.6 Å². The molecule has 0 unspecified atom stereocenters. The van der Waals surface area contributed by atoms with Crippen LogP contribution in [0.1, 0.15) is 0 Å². The van der Waals surface area contributed by atoms with Gasteiger partial charge in [0.25, 0.3) is 0 Å². The first-order valence-corrected chi connectivity index (χ1v) is 5.09. The van der Waals surface area contributed by atoms with E-state index in [2.05, 4.69) is 5.32 Å². The topological polar surface area (TPSA) is 41.1 Å². The van der Waals surface area contributed by atoms with Crippen molar-refractivity contribution in [1.82, 2.24) is 5.32 Å². The second-order valence-corrected chi connectivity index (χ2v) is 3.60. The molecule has 0 saturated carbocycles. The van der Waals surface area contributed by atoms with Crippen molar-refractivity contribution in [3.05, 3.63) is 42.5 Å². The standard InChI is InChI=1S/C12H9F3N2O/c13-12(14,15)17-11(18)16-10-7-3-5-8-4-1-2-6-9(8)10/h1-7H,(H2,16,17,18). The van der Waals surface area contributed by atoms with E-state index in [9.17, 15) is 18.0 Å². The number of hydrogen-bond donors (Lipinski definition) is 2. The second kappa shape index (κ2) is 4.56. The summed E-state index contributed by atoms with van der Waals surface area (Å²) in [7, 11) is 0. The van der Waals surface area contributed by atoms with Crippen molar-refractivity contribution < 1.29 is 18.0 Å². The molecule has 94 valence electrons.